The van der Waals surface area contributed by atoms with Crippen molar-refractivity contribution in [2.24, 2.45) is 0 Å². The van der Waals surface area contributed by atoms with Crippen molar-refractivity contribution in [1.29, 1.82) is 0 Å². The molecule has 30 heavy (non-hydrogen) atoms. The van der Waals surface area contributed by atoms with E-state index < -0.39 is 0 Å². The van der Waals surface area contributed by atoms with Crippen LogP contribution in [0.15, 0.2) is 42.5 Å². The van der Waals surface area contributed by atoms with Gasteiger partial charge in [0, 0.05) is 59.2 Å². The van der Waals surface area contributed by atoms with Crippen LogP contribution in [0.3, 0.4) is 0 Å². The second kappa shape index (κ2) is 8.78. The summed E-state index contributed by atoms with van der Waals surface area (Å²) in [6, 6.07) is 15.7. The lowest BCUT2D eigenvalue weighted by molar-refractivity contribution is -0.121. The van der Waals surface area contributed by atoms with Gasteiger partial charge in [-0.25, -0.2) is 0 Å². The fourth-order valence-electron chi connectivity index (χ4n) is 4.81. The van der Waals surface area contributed by atoms with E-state index in [2.05, 4.69) is 77.3 Å². The topological polar surface area (TPSA) is 49.3 Å². The fraction of sp³-hybridized carbons (Fsp3) is 0.480. The number of nitrogens with zero attached hydrogens (tertiary/aromatic N) is 2. The zero-order chi connectivity index (χ0) is 21.3. The number of fused-ring (bicyclic) bond motifs is 3. The first-order valence-electron chi connectivity index (χ1n) is 11.3. The monoisotopic (exact) mass is 406 g/mol. The summed E-state index contributed by atoms with van der Waals surface area (Å²) in [5.74, 6) is 0.0730. The number of aromatic nitrogens is 1. The molecule has 2 aromatic carbocycles. The predicted molar refractivity (Wildman–Crippen MR) is 126 cm³/mol. The lowest BCUT2D eigenvalue weighted by atomic mass is 10.0. The molecule has 1 fully saturated rings. The zero-order valence-corrected chi connectivity index (χ0v) is 18.6. The average molecular weight is 407 g/mol. The molecule has 0 saturated carbocycles. The molecule has 5 heteroatoms. The molecule has 5 nitrogen and oxygen atoms in total. The van der Waals surface area contributed by atoms with E-state index in [1.807, 2.05) is 13.0 Å². The van der Waals surface area contributed by atoms with Crippen molar-refractivity contribution in [1.82, 2.24) is 14.8 Å². The first kappa shape index (κ1) is 20.9. The third kappa shape index (κ3) is 4.09. The molecule has 3 aromatic rings. The smallest absolute Gasteiger partial charge is 0.241 e. The Hall–Kier alpha value is -2.37. The van der Waals surface area contributed by atoms with Crippen molar-refractivity contribution in [2.45, 2.75) is 65.2 Å². The Morgan fingerprint density at radius 3 is 2.43 bits per heavy atom. The molecule has 1 saturated heterocycles. The third-order valence-electron chi connectivity index (χ3n) is 6.38. The molecule has 4 rings (SSSR count). The molecule has 0 aliphatic carbocycles. The quantitative estimate of drug-likeness (QED) is 0.629. The van der Waals surface area contributed by atoms with E-state index in [1.165, 1.54) is 21.8 Å². The van der Waals surface area contributed by atoms with Crippen molar-refractivity contribution in [3.05, 3.63) is 42.5 Å². The van der Waals surface area contributed by atoms with Crippen molar-refractivity contribution in [3.63, 3.8) is 0 Å². The molecule has 2 N–H and O–H groups in total. The second-order valence-electron chi connectivity index (χ2n) is 8.79. The summed E-state index contributed by atoms with van der Waals surface area (Å²) < 4.78 is 2.33. The highest BCUT2D eigenvalue weighted by atomic mass is 16.2. The Kier molecular flexibility index (Phi) is 6.11. The molecule has 0 spiro atoms. The van der Waals surface area contributed by atoms with E-state index in [9.17, 15) is 4.79 Å². The Labute approximate surface area is 179 Å². The van der Waals surface area contributed by atoms with Gasteiger partial charge in [0.25, 0.3) is 0 Å². The zero-order valence-electron chi connectivity index (χ0n) is 18.6. The number of nitrogens with one attached hydrogen (secondary N) is 2. The van der Waals surface area contributed by atoms with Gasteiger partial charge in [0.2, 0.25) is 5.91 Å². The molecule has 1 aliphatic rings. The normalized spacial score (nSPS) is 17.1. The highest BCUT2D eigenvalue weighted by Gasteiger charge is 2.27. The summed E-state index contributed by atoms with van der Waals surface area (Å²) in [4.78, 5) is 15.3. The lowest BCUT2D eigenvalue weighted by Gasteiger charge is -2.36. The van der Waals surface area contributed by atoms with Gasteiger partial charge in [-0.3, -0.25) is 9.69 Å². The van der Waals surface area contributed by atoms with E-state index in [0.29, 0.717) is 12.1 Å². The maximum atomic E-state index is 13.0. The predicted octanol–water partition coefficient (Wildman–Crippen LogP) is 4.60. The number of anilines is 1. The molecule has 1 amide bonds. The number of benzene rings is 2. The van der Waals surface area contributed by atoms with E-state index in [-0.39, 0.29) is 11.9 Å². The number of carbonyl (C=O) groups is 1. The average Bonchev–Trinajstić information content (AvgIpc) is 3.06. The van der Waals surface area contributed by atoms with E-state index >= 15 is 0 Å². The molecular weight excluding hydrogens is 372 g/mol. The first-order valence-corrected chi connectivity index (χ1v) is 11.3. The Bertz CT molecular complexity index is 1030. The van der Waals surface area contributed by atoms with Crippen LogP contribution in [0.4, 0.5) is 5.69 Å². The van der Waals surface area contributed by atoms with Crippen LogP contribution in [0.25, 0.3) is 21.8 Å². The van der Waals surface area contributed by atoms with Gasteiger partial charge in [0.05, 0.1) is 6.04 Å². The highest BCUT2D eigenvalue weighted by molar-refractivity contribution is 6.10. The van der Waals surface area contributed by atoms with E-state index in [0.717, 1.165) is 38.2 Å². The van der Waals surface area contributed by atoms with Crippen LogP contribution >= 0.6 is 0 Å². The minimum Gasteiger partial charge on any atom is -0.341 e. The van der Waals surface area contributed by atoms with Gasteiger partial charge in [0.1, 0.15) is 0 Å². The molecule has 2 heterocycles. The van der Waals surface area contributed by atoms with Gasteiger partial charge in [-0.15, -0.1) is 0 Å². The van der Waals surface area contributed by atoms with Gasteiger partial charge >= 0.3 is 0 Å². The van der Waals surface area contributed by atoms with Crippen molar-refractivity contribution >= 4 is 33.4 Å². The van der Waals surface area contributed by atoms with Gasteiger partial charge in [0.15, 0.2) is 0 Å². The van der Waals surface area contributed by atoms with Crippen molar-refractivity contribution < 1.29 is 4.79 Å². The van der Waals surface area contributed by atoms with Crippen molar-refractivity contribution in [3.8, 4) is 0 Å². The number of para-hydroxylation sites is 1. The Morgan fingerprint density at radius 2 is 1.73 bits per heavy atom. The van der Waals surface area contributed by atoms with Crippen LogP contribution in [0, 0.1) is 0 Å². The number of likely N-dealkylation sites (tertiary alicyclic amines) is 1. The van der Waals surface area contributed by atoms with Crippen LogP contribution in [0.2, 0.25) is 0 Å². The van der Waals surface area contributed by atoms with E-state index in [1.54, 1.807) is 0 Å². The van der Waals surface area contributed by atoms with Gasteiger partial charge in [-0.2, -0.15) is 0 Å². The summed E-state index contributed by atoms with van der Waals surface area (Å²) in [6.45, 7) is 11.4. The summed E-state index contributed by atoms with van der Waals surface area (Å²) in [7, 11) is 0. The summed E-state index contributed by atoms with van der Waals surface area (Å²) in [5.41, 5.74) is 3.32. The van der Waals surface area contributed by atoms with Crippen LogP contribution in [-0.4, -0.2) is 46.6 Å². The molecule has 1 atom stereocenters. The van der Waals surface area contributed by atoms with Crippen LogP contribution in [0.5, 0.6) is 0 Å². The fourth-order valence-corrected chi connectivity index (χ4v) is 4.81. The number of aryl methyl sites for hydroxylation is 1. The van der Waals surface area contributed by atoms with Gasteiger partial charge in [-0.1, -0.05) is 32.0 Å². The first-order chi connectivity index (χ1) is 14.5. The molecule has 0 radical (unpaired) electrons. The summed E-state index contributed by atoms with van der Waals surface area (Å²) >= 11 is 0. The Balaban J connectivity index is 1.47. The number of hydrogen-bond donors (Lipinski definition) is 2. The number of carbonyl (C=O) groups excluding carboxylic acids is 1. The number of hydrogen-bond acceptors (Lipinski definition) is 3. The van der Waals surface area contributed by atoms with Crippen LogP contribution in [-0.2, 0) is 11.3 Å². The van der Waals surface area contributed by atoms with Crippen LogP contribution < -0.4 is 10.6 Å². The summed E-state index contributed by atoms with van der Waals surface area (Å²) in [5, 5.41) is 9.21. The molecular formula is C25H34N4O. The van der Waals surface area contributed by atoms with Gasteiger partial charge < -0.3 is 15.2 Å². The Morgan fingerprint density at radius 1 is 1.03 bits per heavy atom. The third-order valence-corrected chi connectivity index (χ3v) is 6.38. The minimum absolute atomic E-state index is 0.0730. The second-order valence-corrected chi connectivity index (χ2v) is 8.79. The maximum Gasteiger partial charge on any atom is 0.241 e. The minimum atomic E-state index is -0.127. The molecule has 1 aliphatic heterocycles. The summed E-state index contributed by atoms with van der Waals surface area (Å²) in [6.07, 6.45) is 2.19. The molecule has 1 aromatic heterocycles. The van der Waals surface area contributed by atoms with E-state index in [4.69, 9.17) is 0 Å². The number of amides is 1. The van der Waals surface area contributed by atoms with Crippen LogP contribution in [0.1, 0.15) is 40.5 Å². The van der Waals surface area contributed by atoms with Gasteiger partial charge in [-0.05, 0) is 51.0 Å². The largest absolute Gasteiger partial charge is 0.341 e. The number of rotatable bonds is 6. The lowest BCUT2D eigenvalue weighted by Crippen LogP contribution is -2.50. The molecule has 0 bridgehead atoms. The SMILES string of the molecule is CCn1c2ccccc2c2cc(NC(=O)C(C)N3CCC(NC(C)C)CC3)ccc21. The maximum absolute atomic E-state index is 13.0. The molecule has 160 valence electrons. The van der Waals surface area contributed by atoms with Crippen molar-refractivity contribution in [2.75, 3.05) is 18.4 Å². The molecule has 1 unspecified atom stereocenters. The highest BCUT2D eigenvalue weighted by Crippen LogP contribution is 2.31. The number of piperidine rings is 1. The standard InChI is InChI=1S/C25H34N4O/c1-5-29-23-9-7-6-8-21(23)22-16-20(10-11-24(22)29)27-25(30)18(4)28-14-12-19(13-15-28)26-17(2)3/h6-11,16-19,26H,5,12-15H2,1-4H3,(H,27,30).